The van der Waals surface area contributed by atoms with Crippen LogP contribution >= 0.6 is 11.8 Å². The van der Waals surface area contributed by atoms with Gasteiger partial charge in [-0.2, -0.15) is 0 Å². The Morgan fingerprint density at radius 3 is 2.39 bits per heavy atom. The first kappa shape index (κ1) is 23.2. The number of likely N-dealkylation sites (N-methyl/N-ethyl adjacent to an activating group) is 1. The van der Waals surface area contributed by atoms with E-state index in [2.05, 4.69) is 45.9 Å². The van der Waals surface area contributed by atoms with E-state index in [0.29, 0.717) is 5.09 Å². The lowest BCUT2D eigenvalue weighted by molar-refractivity contribution is 0.0457. The Kier molecular flexibility index (Phi) is 6.97. The number of carbonyl (C=O) groups excluding carboxylic acids is 1. The van der Waals surface area contributed by atoms with Crippen molar-refractivity contribution in [1.29, 1.82) is 0 Å². The molecule has 0 fully saturated rings. The van der Waals surface area contributed by atoms with Crippen LogP contribution in [-0.4, -0.2) is 29.0 Å². The van der Waals surface area contributed by atoms with Gasteiger partial charge in [-0.05, 0) is 54.2 Å². The molecule has 2 aromatic carbocycles. The van der Waals surface area contributed by atoms with Gasteiger partial charge in [0.2, 0.25) is 0 Å². The first-order chi connectivity index (χ1) is 14.6. The van der Waals surface area contributed by atoms with E-state index in [-0.39, 0.29) is 17.1 Å². The third kappa shape index (κ3) is 5.41. The molecule has 1 amide bonds. The zero-order valence-corrected chi connectivity index (χ0v) is 19.9. The zero-order chi connectivity index (χ0) is 22.8. The second-order valence-electron chi connectivity index (χ2n) is 8.96. The highest BCUT2D eigenvalue weighted by atomic mass is 32.2. The molecule has 0 saturated heterocycles. The molecular formula is C26H31NO3S. The molecule has 31 heavy (non-hydrogen) atoms. The fraction of sp³-hybridized carbons (Fsp3) is 0.346. The Morgan fingerprint density at radius 1 is 1.06 bits per heavy atom. The number of aryl methyl sites for hydroxylation is 1. The second-order valence-corrected chi connectivity index (χ2v) is 10.0. The molecular weight excluding hydrogens is 406 g/mol. The van der Waals surface area contributed by atoms with Crippen molar-refractivity contribution < 1.29 is 14.3 Å². The average molecular weight is 438 g/mol. The van der Waals surface area contributed by atoms with Gasteiger partial charge < -0.3 is 14.4 Å². The molecule has 0 aliphatic rings. The topological polar surface area (TPSA) is 53.7 Å². The summed E-state index contributed by atoms with van der Waals surface area (Å²) in [4.78, 5) is 15.6. The SMILES string of the molecule is Cc1ccc(C(C)(C)C)cc1Sc1ccc(C(=O)N(C)C(C)C(O)c2ccccc2)o1. The Morgan fingerprint density at radius 2 is 1.74 bits per heavy atom. The maximum Gasteiger partial charge on any atom is 0.289 e. The first-order valence-corrected chi connectivity index (χ1v) is 11.3. The Bertz CT molecular complexity index is 1040. The highest BCUT2D eigenvalue weighted by Gasteiger charge is 2.27. The largest absolute Gasteiger partial charge is 0.444 e. The molecule has 1 aromatic heterocycles. The summed E-state index contributed by atoms with van der Waals surface area (Å²) in [5.41, 5.74) is 3.26. The van der Waals surface area contributed by atoms with Gasteiger partial charge in [0.05, 0.1) is 12.1 Å². The number of amides is 1. The lowest BCUT2D eigenvalue weighted by Gasteiger charge is -2.28. The maximum atomic E-state index is 13.0. The minimum atomic E-state index is -0.776. The highest BCUT2D eigenvalue weighted by molar-refractivity contribution is 7.99. The summed E-state index contributed by atoms with van der Waals surface area (Å²) in [5, 5.41) is 11.3. The predicted octanol–water partition coefficient (Wildman–Crippen LogP) is 6.23. The van der Waals surface area contributed by atoms with E-state index in [0.717, 1.165) is 10.5 Å². The number of aliphatic hydroxyl groups is 1. The number of carbonyl (C=O) groups is 1. The lowest BCUT2D eigenvalue weighted by Crippen LogP contribution is -2.38. The second kappa shape index (κ2) is 9.33. The summed E-state index contributed by atoms with van der Waals surface area (Å²) >= 11 is 1.52. The van der Waals surface area contributed by atoms with Crippen LogP contribution in [0.25, 0.3) is 0 Å². The molecule has 0 bridgehead atoms. The zero-order valence-electron chi connectivity index (χ0n) is 19.0. The molecule has 3 rings (SSSR count). The van der Waals surface area contributed by atoms with Crippen molar-refractivity contribution >= 4 is 17.7 Å². The quantitative estimate of drug-likeness (QED) is 0.497. The third-order valence-electron chi connectivity index (χ3n) is 5.59. The minimum Gasteiger partial charge on any atom is -0.444 e. The van der Waals surface area contributed by atoms with Crippen LogP contribution in [0.2, 0.25) is 0 Å². The fourth-order valence-corrected chi connectivity index (χ4v) is 4.17. The lowest BCUT2D eigenvalue weighted by atomic mass is 9.87. The summed E-state index contributed by atoms with van der Waals surface area (Å²) in [7, 11) is 1.69. The molecule has 2 unspecified atom stereocenters. The standard InChI is InChI=1S/C26H31NO3S/c1-17-12-13-20(26(3,4)5)16-22(17)31-23-15-14-21(30-23)25(29)27(6)18(2)24(28)19-10-8-7-9-11-19/h7-16,18,24,28H,1-6H3. The van der Waals surface area contributed by atoms with Gasteiger partial charge in [0.1, 0.15) is 0 Å². The van der Waals surface area contributed by atoms with Crippen molar-refractivity contribution in [3.05, 3.63) is 83.1 Å². The number of hydrogen-bond acceptors (Lipinski definition) is 4. The van der Waals surface area contributed by atoms with Crippen LogP contribution in [-0.2, 0) is 5.41 Å². The smallest absolute Gasteiger partial charge is 0.289 e. The molecule has 1 heterocycles. The normalized spacial score (nSPS) is 13.6. The van der Waals surface area contributed by atoms with E-state index < -0.39 is 12.1 Å². The van der Waals surface area contributed by atoms with Gasteiger partial charge in [-0.15, -0.1) is 0 Å². The van der Waals surface area contributed by atoms with E-state index in [4.69, 9.17) is 4.42 Å². The number of benzene rings is 2. The predicted molar refractivity (Wildman–Crippen MR) is 126 cm³/mol. The molecule has 2 atom stereocenters. The third-order valence-corrected chi connectivity index (χ3v) is 6.67. The Labute approximate surface area is 189 Å². The summed E-state index contributed by atoms with van der Waals surface area (Å²) in [6.07, 6.45) is -0.776. The van der Waals surface area contributed by atoms with Crippen molar-refractivity contribution in [3.8, 4) is 0 Å². The van der Waals surface area contributed by atoms with Crippen molar-refractivity contribution in [2.45, 2.75) is 62.2 Å². The van der Waals surface area contributed by atoms with Crippen LogP contribution in [0.3, 0.4) is 0 Å². The van der Waals surface area contributed by atoms with Crippen molar-refractivity contribution in [1.82, 2.24) is 4.90 Å². The number of hydrogen-bond donors (Lipinski definition) is 1. The number of aliphatic hydroxyl groups excluding tert-OH is 1. The van der Waals surface area contributed by atoms with Crippen LogP contribution in [0.5, 0.6) is 0 Å². The van der Waals surface area contributed by atoms with Gasteiger partial charge in [-0.3, -0.25) is 4.79 Å². The Balaban J connectivity index is 1.74. The summed E-state index contributed by atoms with van der Waals surface area (Å²) in [6.45, 7) is 10.5. The number of nitrogens with zero attached hydrogens (tertiary/aromatic N) is 1. The number of furan rings is 1. The van der Waals surface area contributed by atoms with E-state index >= 15 is 0 Å². The molecule has 4 nitrogen and oxygen atoms in total. The van der Waals surface area contributed by atoms with Gasteiger partial charge in [0.15, 0.2) is 10.9 Å². The molecule has 0 aliphatic heterocycles. The highest BCUT2D eigenvalue weighted by Crippen LogP contribution is 2.35. The van der Waals surface area contributed by atoms with E-state index in [1.807, 2.05) is 43.3 Å². The van der Waals surface area contributed by atoms with Gasteiger partial charge >= 0.3 is 0 Å². The Hall–Kier alpha value is -2.50. The van der Waals surface area contributed by atoms with Crippen molar-refractivity contribution in [2.24, 2.45) is 0 Å². The van der Waals surface area contributed by atoms with Crippen LogP contribution in [0, 0.1) is 6.92 Å². The molecule has 3 aromatic rings. The molecule has 0 aliphatic carbocycles. The molecule has 0 spiro atoms. The van der Waals surface area contributed by atoms with Gasteiger partial charge in [-0.1, -0.05) is 75.0 Å². The summed E-state index contributed by atoms with van der Waals surface area (Å²) in [5.74, 6) is 0.0104. The average Bonchev–Trinajstić information content (AvgIpc) is 3.21. The monoisotopic (exact) mass is 437 g/mol. The van der Waals surface area contributed by atoms with Crippen LogP contribution < -0.4 is 0 Å². The van der Waals surface area contributed by atoms with E-state index in [9.17, 15) is 9.90 Å². The van der Waals surface area contributed by atoms with Gasteiger partial charge in [0.25, 0.3) is 5.91 Å². The molecule has 1 N–H and O–H groups in total. The molecule has 164 valence electrons. The van der Waals surface area contributed by atoms with Crippen LogP contribution in [0.15, 0.2) is 75.1 Å². The fourth-order valence-electron chi connectivity index (χ4n) is 3.27. The van der Waals surface area contributed by atoms with Gasteiger partial charge in [-0.25, -0.2) is 0 Å². The molecule has 0 saturated carbocycles. The van der Waals surface area contributed by atoms with Crippen molar-refractivity contribution in [2.75, 3.05) is 7.05 Å². The summed E-state index contributed by atoms with van der Waals surface area (Å²) in [6, 6.07) is 19.0. The number of rotatable bonds is 6. The summed E-state index contributed by atoms with van der Waals surface area (Å²) < 4.78 is 5.88. The molecule has 0 radical (unpaired) electrons. The van der Waals surface area contributed by atoms with Crippen LogP contribution in [0.4, 0.5) is 0 Å². The van der Waals surface area contributed by atoms with Crippen LogP contribution in [0.1, 0.15) is 61.0 Å². The van der Waals surface area contributed by atoms with Crippen molar-refractivity contribution in [3.63, 3.8) is 0 Å². The maximum absolute atomic E-state index is 13.0. The van der Waals surface area contributed by atoms with E-state index in [1.165, 1.54) is 27.8 Å². The minimum absolute atomic E-state index is 0.0612. The molecule has 5 heteroatoms. The first-order valence-electron chi connectivity index (χ1n) is 10.5. The van der Waals surface area contributed by atoms with E-state index in [1.54, 1.807) is 13.1 Å². The van der Waals surface area contributed by atoms with Gasteiger partial charge in [0, 0.05) is 11.9 Å².